The van der Waals surface area contributed by atoms with Crippen LogP contribution in [0.25, 0.3) is 0 Å². The summed E-state index contributed by atoms with van der Waals surface area (Å²) in [5.74, 6) is -0.335. The number of amides is 1. The smallest absolute Gasteiger partial charge is 0.223 e. The van der Waals surface area contributed by atoms with Gasteiger partial charge >= 0.3 is 0 Å². The van der Waals surface area contributed by atoms with Crippen molar-refractivity contribution in [3.63, 3.8) is 0 Å². The van der Waals surface area contributed by atoms with E-state index in [-0.39, 0.29) is 16.8 Å². The van der Waals surface area contributed by atoms with Crippen molar-refractivity contribution in [2.75, 3.05) is 6.54 Å². The van der Waals surface area contributed by atoms with Gasteiger partial charge in [-0.3, -0.25) is 4.79 Å². The Bertz CT molecular complexity index is 394. The van der Waals surface area contributed by atoms with Crippen molar-refractivity contribution in [1.29, 1.82) is 0 Å². The zero-order valence-corrected chi connectivity index (χ0v) is 8.85. The van der Waals surface area contributed by atoms with Crippen LogP contribution in [0, 0.1) is 11.7 Å². The molecule has 1 aromatic carbocycles. The van der Waals surface area contributed by atoms with Gasteiger partial charge in [-0.05, 0) is 30.5 Å². The first-order valence-electron chi connectivity index (χ1n) is 4.88. The molecule has 0 spiro atoms. The summed E-state index contributed by atoms with van der Waals surface area (Å²) in [5.41, 5.74) is 0.906. The first kappa shape index (κ1) is 10.4. The molecule has 0 radical (unpaired) electrons. The fraction of sp³-hybridized carbons (Fsp3) is 0.364. The van der Waals surface area contributed by atoms with Crippen LogP contribution in [0.4, 0.5) is 4.39 Å². The predicted octanol–water partition coefficient (Wildman–Crippen LogP) is 2.16. The Morgan fingerprint density at radius 3 is 2.93 bits per heavy atom. The third kappa shape index (κ3) is 2.29. The number of rotatable bonds is 2. The van der Waals surface area contributed by atoms with Gasteiger partial charge in [0.1, 0.15) is 5.82 Å². The van der Waals surface area contributed by atoms with Gasteiger partial charge < -0.3 is 5.32 Å². The van der Waals surface area contributed by atoms with Gasteiger partial charge in [-0.25, -0.2) is 4.39 Å². The van der Waals surface area contributed by atoms with E-state index in [1.54, 1.807) is 12.1 Å². The number of hydrogen-bond acceptors (Lipinski definition) is 1. The van der Waals surface area contributed by atoms with E-state index in [9.17, 15) is 9.18 Å². The first-order chi connectivity index (χ1) is 7.16. The Balaban J connectivity index is 2.10. The fourth-order valence-corrected chi connectivity index (χ4v) is 1.99. The van der Waals surface area contributed by atoms with E-state index in [1.165, 1.54) is 6.07 Å². The molecule has 1 heterocycles. The van der Waals surface area contributed by atoms with E-state index in [0.29, 0.717) is 6.42 Å². The number of hydrogen-bond donors (Lipinski definition) is 1. The number of nitrogens with one attached hydrogen (secondary N) is 1. The normalized spacial score (nSPS) is 20.4. The van der Waals surface area contributed by atoms with Crippen molar-refractivity contribution in [3.05, 3.63) is 34.6 Å². The molecule has 4 heteroatoms. The molecule has 1 fully saturated rings. The molecule has 2 nitrogen and oxygen atoms in total. The van der Waals surface area contributed by atoms with E-state index in [0.717, 1.165) is 18.5 Å². The van der Waals surface area contributed by atoms with Gasteiger partial charge in [0.15, 0.2) is 0 Å². The average Bonchev–Trinajstić information content (AvgIpc) is 2.59. The predicted molar refractivity (Wildman–Crippen MR) is 56.2 cm³/mol. The molecule has 1 aliphatic rings. The van der Waals surface area contributed by atoms with Crippen molar-refractivity contribution < 1.29 is 9.18 Å². The Morgan fingerprint density at radius 1 is 1.53 bits per heavy atom. The average molecular weight is 228 g/mol. The van der Waals surface area contributed by atoms with Crippen LogP contribution in [0.3, 0.4) is 0 Å². The molecule has 1 aliphatic heterocycles. The highest BCUT2D eigenvalue weighted by Crippen LogP contribution is 2.21. The Morgan fingerprint density at radius 2 is 2.33 bits per heavy atom. The van der Waals surface area contributed by atoms with E-state index < -0.39 is 5.82 Å². The minimum absolute atomic E-state index is 0.00604. The topological polar surface area (TPSA) is 29.1 Å². The van der Waals surface area contributed by atoms with Crippen LogP contribution in [0.15, 0.2) is 18.2 Å². The summed E-state index contributed by atoms with van der Waals surface area (Å²) in [7, 11) is 0. The van der Waals surface area contributed by atoms with E-state index in [1.807, 2.05) is 0 Å². The van der Waals surface area contributed by atoms with Crippen molar-refractivity contribution in [2.24, 2.45) is 5.92 Å². The summed E-state index contributed by atoms with van der Waals surface area (Å²) in [6.07, 6.45) is 1.47. The molecule has 1 unspecified atom stereocenters. The fourth-order valence-electron chi connectivity index (χ4n) is 1.79. The van der Waals surface area contributed by atoms with E-state index in [4.69, 9.17) is 11.6 Å². The van der Waals surface area contributed by atoms with Crippen molar-refractivity contribution >= 4 is 17.5 Å². The minimum Gasteiger partial charge on any atom is -0.356 e. The lowest BCUT2D eigenvalue weighted by molar-refractivity contribution is -0.122. The standard InChI is InChI=1S/C11H11ClFNO/c12-9-6-7(1-2-10(9)13)5-8-3-4-14-11(8)15/h1-2,6,8H,3-5H2,(H,14,15). The highest BCUT2D eigenvalue weighted by Gasteiger charge is 2.24. The van der Waals surface area contributed by atoms with Gasteiger partial charge in [0.05, 0.1) is 5.02 Å². The molecule has 80 valence electrons. The minimum atomic E-state index is -0.420. The SMILES string of the molecule is O=C1NCCC1Cc1ccc(F)c(Cl)c1. The molecule has 0 aromatic heterocycles. The van der Waals surface area contributed by atoms with Crippen LogP contribution < -0.4 is 5.32 Å². The molecular weight excluding hydrogens is 217 g/mol. The molecular formula is C11H11ClFNO. The van der Waals surface area contributed by atoms with Crippen molar-refractivity contribution in [2.45, 2.75) is 12.8 Å². The largest absolute Gasteiger partial charge is 0.356 e. The molecule has 1 amide bonds. The van der Waals surface area contributed by atoms with Crippen LogP contribution in [0.5, 0.6) is 0 Å². The van der Waals surface area contributed by atoms with Crippen LogP contribution in [-0.2, 0) is 11.2 Å². The van der Waals surface area contributed by atoms with Crippen LogP contribution in [0.1, 0.15) is 12.0 Å². The summed E-state index contributed by atoms with van der Waals surface area (Å²) in [6.45, 7) is 0.735. The summed E-state index contributed by atoms with van der Waals surface area (Å²) >= 11 is 5.66. The third-order valence-corrected chi connectivity index (χ3v) is 2.92. The molecule has 15 heavy (non-hydrogen) atoms. The Hall–Kier alpha value is -1.09. The molecule has 0 saturated carbocycles. The summed E-state index contributed by atoms with van der Waals surface area (Å²) in [6, 6.07) is 4.60. The molecule has 0 aliphatic carbocycles. The number of benzene rings is 1. The van der Waals surface area contributed by atoms with Gasteiger partial charge in [-0.15, -0.1) is 0 Å². The highest BCUT2D eigenvalue weighted by molar-refractivity contribution is 6.30. The lowest BCUT2D eigenvalue weighted by atomic mass is 9.98. The molecule has 1 N–H and O–H groups in total. The van der Waals surface area contributed by atoms with Crippen molar-refractivity contribution in [3.8, 4) is 0 Å². The van der Waals surface area contributed by atoms with Gasteiger partial charge in [0, 0.05) is 12.5 Å². The highest BCUT2D eigenvalue weighted by atomic mass is 35.5. The maximum absolute atomic E-state index is 12.9. The lowest BCUT2D eigenvalue weighted by Gasteiger charge is -2.07. The molecule has 1 atom stereocenters. The molecule has 2 rings (SSSR count). The van der Waals surface area contributed by atoms with Crippen LogP contribution in [-0.4, -0.2) is 12.5 Å². The second kappa shape index (κ2) is 4.19. The molecule has 1 aromatic rings. The second-order valence-electron chi connectivity index (χ2n) is 3.73. The van der Waals surface area contributed by atoms with Gasteiger partial charge in [0.2, 0.25) is 5.91 Å². The van der Waals surface area contributed by atoms with Gasteiger partial charge in [0.25, 0.3) is 0 Å². The lowest BCUT2D eigenvalue weighted by Crippen LogP contribution is -2.20. The second-order valence-corrected chi connectivity index (χ2v) is 4.14. The number of carbonyl (C=O) groups excluding carboxylic acids is 1. The quantitative estimate of drug-likeness (QED) is 0.824. The number of carbonyl (C=O) groups is 1. The number of halogens is 2. The first-order valence-corrected chi connectivity index (χ1v) is 5.26. The Labute approximate surface area is 92.4 Å². The molecule has 0 bridgehead atoms. The summed E-state index contributed by atoms with van der Waals surface area (Å²) < 4.78 is 12.9. The zero-order valence-electron chi connectivity index (χ0n) is 8.09. The van der Waals surface area contributed by atoms with Crippen LogP contribution >= 0.6 is 11.6 Å². The van der Waals surface area contributed by atoms with Crippen molar-refractivity contribution in [1.82, 2.24) is 5.32 Å². The maximum Gasteiger partial charge on any atom is 0.223 e. The third-order valence-electron chi connectivity index (χ3n) is 2.63. The monoisotopic (exact) mass is 227 g/mol. The van der Waals surface area contributed by atoms with Gasteiger partial charge in [-0.1, -0.05) is 17.7 Å². The Kier molecular flexibility index (Phi) is 2.91. The summed E-state index contributed by atoms with van der Waals surface area (Å²) in [5, 5.41) is 2.89. The van der Waals surface area contributed by atoms with Crippen LogP contribution in [0.2, 0.25) is 5.02 Å². The summed E-state index contributed by atoms with van der Waals surface area (Å²) in [4.78, 5) is 11.3. The van der Waals surface area contributed by atoms with Gasteiger partial charge in [-0.2, -0.15) is 0 Å². The van der Waals surface area contributed by atoms with E-state index >= 15 is 0 Å². The maximum atomic E-state index is 12.9. The molecule has 1 saturated heterocycles. The zero-order chi connectivity index (χ0) is 10.8. The van der Waals surface area contributed by atoms with E-state index in [2.05, 4.69) is 5.32 Å².